The van der Waals surface area contributed by atoms with Gasteiger partial charge >= 0.3 is 5.97 Å². The lowest BCUT2D eigenvalue weighted by atomic mass is 9.98. The van der Waals surface area contributed by atoms with E-state index in [1.54, 1.807) is 0 Å². The van der Waals surface area contributed by atoms with Crippen LogP contribution in [0.1, 0.15) is 47.7 Å². The van der Waals surface area contributed by atoms with Crippen molar-refractivity contribution in [1.82, 2.24) is 0 Å². The summed E-state index contributed by atoms with van der Waals surface area (Å²) in [7, 11) is 1.38. The lowest BCUT2D eigenvalue weighted by molar-refractivity contribution is 0.0596. The Morgan fingerprint density at radius 3 is 2.27 bits per heavy atom. The van der Waals surface area contributed by atoms with E-state index in [4.69, 9.17) is 9.47 Å². The molecule has 0 aliphatic heterocycles. The molecule has 26 heavy (non-hydrogen) atoms. The van der Waals surface area contributed by atoms with E-state index >= 15 is 0 Å². The van der Waals surface area contributed by atoms with Crippen molar-refractivity contribution >= 4 is 16.7 Å². The summed E-state index contributed by atoms with van der Waals surface area (Å²) in [6.07, 6.45) is 1.12. The van der Waals surface area contributed by atoms with Gasteiger partial charge in [0.25, 0.3) is 0 Å². The smallest absolute Gasteiger partial charge is 0.341 e. The van der Waals surface area contributed by atoms with Crippen LogP contribution >= 0.6 is 0 Å². The highest BCUT2D eigenvalue weighted by Crippen LogP contribution is 2.28. The molecule has 0 aliphatic rings. The zero-order valence-corrected chi connectivity index (χ0v) is 15.5. The van der Waals surface area contributed by atoms with Crippen LogP contribution in [0, 0.1) is 0 Å². The number of esters is 1. The Bertz CT molecular complexity index is 897. The van der Waals surface area contributed by atoms with Crippen molar-refractivity contribution in [2.24, 2.45) is 0 Å². The number of carbonyl (C=O) groups excluding carboxylic acids is 1. The summed E-state index contributed by atoms with van der Waals surface area (Å²) in [5, 5.41) is 2.01. The summed E-state index contributed by atoms with van der Waals surface area (Å²) in [4.78, 5) is 12.1. The molecule has 0 N–H and O–H groups in total. The monoisotopic (exact) mass is 348 g/mol. The molecule has 0 fully saturated rings. The van der Waals surface area contributed by atoms with Gasteiger partial charge in [0.1, 0.15) is 17.9 Å². The first-order chi connectivity index (χ1) is 12.6. The average molecular weight is 348 g/mol. The number of hydrogen-bond donors (Lipinski definition) is 0. The summed E-state index contributed by atoms with van der Waals surface area (Å²) in [5.41, 5.74) is 2.85. The van der Waals surface area contributed by atoms with Crippen LogP contribution in [0.5, 0.6) is 5.75 Å². The standard InChI is InChI=1S/C23H24O3/c1-4-16(2)18-11-9-17(10-12-18)15-26-22-14-20-8-6-5-7-19(20)13-21(22)23(24)25-3/h5-14,16H,4,15H2,1-3H3. The Morgan fingerprint density at radius 2 is 1.65 bits per heavy atom. The minimum absolute atomic E-state index is 0.391. The van der Waals surface area contributed by atoms with Gasteiger partial charge in [-0.2, -0.15) is 0 Å². The topological polar surface area (TPSA) is 35.5 Å². The largest absolute Gasteiger partial charge is 0.488 e. The molecule has 0 spiro atoms. The molecule has 3 aromatic rings. The molecular formula is C23H24O3. The van der Waals surface area contributed by atoms with E-state index in [9.17, 15) is 4.79 Å². The van der Waals surface area contributed by atoms with Gasteiger partial charge in [-0.3, -0.25) is 0 Å². The second-order valence-corrected chi connectivity index (χ2v) is 6.53. The molecule has 3 aromatic carbocycles. The van der Waals surface area contributed by atoms with E-state index in [2.05, 4.69) is 38.1 Å². The highest BCUT2D eigenvalue weighted by molar-refractivity contribution is 5.98. The second-order valence-electron chi connectivity index (χ2n) is 6.53. The molecular weight excluding hydrogens is 324 g/mol. The first-order valence-corrected chi connectivity index (χ1v) is 8.95. The molecule has 3 heteroatoms. The number of fused-ring (bicyclic) bond motifs is 1. The number of hydrogen-bond acceptors (Lipinski definition) is 3. The fraction of sp³-hybridized carbons (Fsp3) is 0.261. The molecule has 134 valence electrons. The van der Waals surface area contributed by atoms with Crippen LogP contribution in [0.2, 0.25) is 0 Å². The highest BCUT2D eigenvalue weighted by Gasteiger charge is 2.15. The van der Waals surface area contributed by atoms with Crippen LogP contribution < -0.4 is 4.74 Å². The maximum Gasteiger partial charge on any atom is 0.341 e. The SMILES string of the molecule is CCC(C)c1ccc(COc2cc3ccccc3cc2C(=O)OC)cc1. The summed E-state index contributed by atoms with van der Waals surface area (Å²) in [6.45, 7) is 4.82. The molecule has 0 heterocycles. The van der Waals surface area contributed by atoms with E-state index < -0.39 is 5.97 Å². The van der Waals surface area contributed by atoms with E-state index in [1.165, 1.54) is 12.7 Å². The molecule has 0 amide bonds. The lowest BCUT2D eigenvalue weighted by Gasteiger charge is -2.13. The average Bonchev–Trinajstić information content (AvgIpc) is 2.70. The van der Waals surface area contributed by atoms with Gasteiger partial charge in [-0.1, -0.05) is 62.4 Å². The minimum Gasteiger partial charge on any atom is -0.488 e. The Balaban J connectivity index is 1.84. The fourth-order valence-electron chi connectivity index (χ4n) is 2.95. The van der Waals surface area contributed by atoms with E-state index in [0.717, 1.165) is 22.8 Å². The zero-order chi connectivity index (χ0) is 18.5. The molecule has 0 radical (unpaired) electrons. The van der Waals surface area contributed by atoms with E-state index in [1.807, 2.05) is 36.4 Å². The van der Waals surface area contributed by atoms with Gasteiger partial charge in [-0.25, -0.2) is 4.79 Å². The molecule has 3 nitrogen and oxygen atoms in total. The number of methoxy groups -OCH3 is 1. The van der Waals surface area contributed by atoms with Crippen LogP contribution in [0.15, 0.2) is 60.7 Å². The molecule has 0 bridgehead atoms. The van der Waals surface area contributed by atoms with Gasteiger partial charge in [0, 0.05) is 0 Å². The number of ether oxygens (including phenoxy) is 2. The van der Waals surface area contributed by atoms with Crippen molar-refractivity contribution in [1.29, 1.82) is 0 Å². The number of benzene rings is 3. The van der Waals surface area contributed by atoms with Crippen molar-refractivity contribution in [3.8, 4) is 5.75 Å². The highest BCUT2D eigenvalue weighted by atomic mass is 16.5. The fourth-order valence-corrected chi connectivity index (χ4v) is 2.95. The Hall–Kier alpha value is -2.81. The Morgan fingerprint density at radius 1 is 1.00 bits per heavy atom. The second kappa shape index (κ2) is 8.05. The van der Waals surface area contributed by atoms with Crippen LogP contribution in [0.3, 0.4) is 0 Å². The van der Waals surface area contributed by atoms with Gasteiger partial charge in [0.15, 0.2) is 0 Å². The molecule has 0 saturated heterocycles. The van der Waals surface area contributed by atoms with Crippen molar-refractivity contribution in [2.75, 3.05) is 7.11 Å². The zero-order valence-electron chi connectivity index (χ0n) is 15.5. The number of carbonyl (C=O) groups is 1. The van der Waals surface area contributed by atoms with Gasteiger partial charge in [-0.05, 0) is 46.4 Å². The minimum atomic E-state index is -0.391. The van der Waals surface area contributed by atoms with Crippen LogP contribution in [0.4, 0.5) is 0 Å². The first kappa shape index (κ1) is 18.0. The summed E-state index contributed by atoms with van der Waals surface area (Å²) >= 11 is 0. The van der Waals surface area contributed by atoms with Crippen molar-refractivity contribution < 1.29 is 14.3 Å². The normalized spacial score (nSPS) is 12.0. The Labute approximate surface area is 154 Å². The molecule has 0 aliphatic carbocycles. The molecule has 1 unspecified atom stereocenters. The predicted molar refractivity (Wildman–Crippen MR) is 105 cm³/mol. The van der Waals surface area contributed by atoms with Gasteiger partial charge in [0.2, 0.25) is 0 Å². The summed E-state index contributed by atoms with van der Waals surface area (Å²) < 4.78 is 10.9. The third-order valence-electron chi connectivity index (χ3n) is 4.81. The van der Waals surface area contributed by atoms with E-state index in [0.29, 0.717) is 23.8 Å². The van der Waals surface area contributed by atoms with Crippen LogP contribution in [0.25, 0.3) is 10.8 Å². The van der Waals surface area contributed by atoms with Gasteiger partial charge in [-0.15, -0.1) is 0 Å². The molecule has 0 saturated carbocycles. The maximum absolute atomic E-state index is 12.1. The molecule has 3 rings (SSSR count). The van der Waals surface area contributed by atoms with Crippen LogP contribution in [-0.4, -0.2) is 13.1 Å². The summed E-state index contributed by atoms with van der Waals surface area (Å²) in [6, 6.07) is 20.1. The molecule has 0 aromatic heterocycles. The lowest BCUT2D eigenvalue weighted by Crippen LogP contribution is -2.06. The van der Waals surface area contributed by atoms with Crippen molar-refractivity contribution in [2.45, 2.75) is 32.8 Å². The third-order valence-corrected chi connectivity index (χ3v) is 4.81. The van der Waals surface area contributed by atoms with Crippen LogP contribution in [-0.2, 0) is 11.3 Å². The van der Waals surface area contributed by atoms with Crippen molar-refractivity contribution in [3.63, 3.8) is 0 Å². The molecule has 1 atom stereocenters. The Kier molecular flexibility index (Phi) is 5.57. The maximum atomic E-state index is 12.1. The number of rotatable bonds is 6. The van der Waals surface area contributed by atoms with Gasteiger partial charge < -0.3 is 9.47 Å². The quantitative estimate of drug-likeness (QED) is 0.535. The summed E-state index contributed by atoms with van der Waals surface area (Å²) in [5.74, 6) is 0.704. The first-order valence-electron chi connectivity index (χ1n) is 8.95. The van der Waals surface area contributed by atoms with Crippen molar-refractivity contribution in [3.05, 3.63) is 77.4 Å². The van der Waals surface area contributed by atoms with Gasteiger partial charge in [0.05, 0.1) is 7.11 Å². The third kappa shape index (κ3) is 3.88. The van der Waals surface area contributed by atoms with E-state index in [-0.39, 0.29) is 0 Å². The predicted octanol–water partition coefficient (Wildman–Crippen LogP) is 5.72.